The second kappa shape index (κ2) is 8.39. The van der Waals surface area contributed by atoms with Crippen LogP contribution in [0.1, 0.15) is 52.7 Å². The number of carbonyl (C=O) groups is 2. The molecule has 2 aliphatic heterocycles. The number of hydrogen-bond donors (Lipinski definition) is 0. The lowest BCUT2D eigenvalue weighted by molar-refractivity contribution is 0.0746. The van der Waals surface area contributed by atoms with Gasteiger partial charge in [0.05, 0.1) is 17.2 Å². The molecule has 0 N–H and O–H groups in total. The average molecular weight is 446 g/mol. The van der Waals surface area contributed by atoms with Gasteiger partial charge >= 0.3 is 6.09 Å². The molecule has 1 unspecified atom stereocenters. The van der Waals surface area contributed by atoms with Gasteiger partial charge in [0.15, 0.2) is 0 Å². The van der Waals surface area contributed by atoms with Gasteiger partial charge in [-0.3, -0.25) is 9.69 Å². The molecule has 8 heteroatoms. The van der Waals surface area contributed by atoms with Gasteiger partial charge in [-0.25, -0.2) is 9.78 Å². The fraction of sp³-hybridized carbons (Fsp3) is 0.440. The van der Waals surface area contributed by atoms with Crippen molar-refractivity contribution in [2.75, 3.05) is 42.6 Å². The summed E-state index contributed by atoms with van der Waals surface area (Å²) >= 11 is 0. The number of cyclic esters (lactones) is 1. The zero-order valence-electron chi connectivity index (χ0n) is 19.0. The molecule has 0 bridgehead atoms. The van der Waals surface area contributed by atoms with Crippen LogP contribution in [0.25, 0.3) is 0 Å². The van der Waals surface area contributed by atoms with Gasteiger partial charge in [-0.2, -0.15) is 5.26 Å². The lowest BCUT2D eigenvalue weighted by Gasteiger charge is -2.36. The normalized spacial score (nSPS) is 20.6. The molecule has 1 aromatic carbocycles. The molecule has 2 saturated heterocycles. The van der Waals surface area contributed by atoms with Crippen molar-refractivity contribution in [1.82, 2.24) is 9.88 Å². The van der Waals surface area contributed by atoms with E-state index in [4.69, 9.17) is 9.72 Å². The first kappa shape index (κ1) is 21.3. The van der Waals surface area contributed by atoms with Crippen molar-refractivity contribution in [2.24, 2.45) is 0 Å². The number of anilines is 2. The summed E-state index contributed by atoms with van der Waals surface area (Å²) in [6.07, 6.45) is 4.08. The molecule has 5 rings (SSSR count). The molecule has 170 valence electrons. The van der Waals surface area contributed by atoms with E-state index >= 15 is 0 Å². The first-order valence-electron chi connectivity index (χ1n) is 11.5. The van der Waals surface area contributed by atoms with Crippen molar-refractivity contribution in [3.63, 3.8) is 0 Å². The fourth-order valence-corrected chi connectivity index (χ4v) is 4.69. The monoisotopic (exact) mass is 445 g/mol. The van der Waals surface area contributed by atoms with Crippen molar-refractivity contribution in [3.8, 4) is 6.07 Å². The van der Waals surface area contributed by atoms with Gasteiger partial charge < -0.3 is 14.5 Å². The lowest BCUT2D eigenvalue weighted by atomic mass is 10.0. The van der Waals surface area contributed by atoms with Crippen LogP contribution in [0.5, 0.6) is 0 Å². The summed E-state index contributed by atoms with van der Waals surface area (Å²) in [5.74, 6) is 1.50. The smallest absolute Gasteiger partial charge is 0.414 e. The van der Waals surface area contributed by atoms with E-state index in [0.29, 0.717) is 50.0 Å². The molecule has 3 fully saturated rings. The Morgan fingerprint density at radius 1 is 1.18 bits per heavy atom. The Hall–Kier alpha value is -3.60. The van der Waals surface area contributed by atoms with Gasteiger partial charge in [0.1, 0.15) is 18.5 Å². The minimum atomic E-state index is -0.435. The predicted octanol–water partition coefficient (Wildman–Crippen LogP) is 3.45. The third-order valence-electron chi connectivity index (χ3n) is 6.70. The molecule has 1 saturated carbocycles. The summed E-state index contributed by atoms with van der Waals surface area (Å²) in [6, 6.07) is 9.20. The number of aryl methyl sites for hydroxylation is 1. The average Bonchev–Trinajstić information content (AvgIpc) is 3.63. The summed E-state index contributed by atoms with van der Waals surface area (Å²) in [5.41, 5.74) is 3.70. The van der Waals surface area contributed by atoms with E-state index in [1.54, 1.807) is 23.1 Å². The van der Waals surface area contributed by atoms with E-state index < -0.39 is 6.09 Å². The van der Waals surface area contributed by atoms with Gasteiger partial charge in [0, 0.05) is 38.1 Å². The van der Waals surface area contributed by atoms with E-state index in [9.17, 15) is 14.9 Å². The van der Waals surface area contributed by atoms with Crippen molar-refractivity contribution in [1.29, 1.82) is 5.26 Å². The molecule has 1 atom stereocenters. The highest BCUT2D eigenvalue weighted by Gasteiger charge is 2.32. The number of hydrogen-bond acceptors (Lipinski definition) is 6. The number of pyridine rings is 1. The van der Waals surface area contributed by atoms with Gasteiger partial charge in [0.2, 0.25) is 0 Å². The number of rotatable bonds is 4. The van der Waals surface area contributed by atoms with Gasteiger partial charge in [0.25, 0.3) is 5.91 Å². The maximum absolute atomic E-state index is 13.2. The van der Waals surface area contributed by atoms with Crippen molar-refractivity contribution >= 4 is 23.5 Å². The number of amides is 2. The number of nitrogens with zero attached hydrogens (tertiary/aromatic N) is 5. The molecule has 0 spiro atoms. The molecule has 3 heterocycles. The predicted molar refractivity (Wildman–Crippen MR) is 124 cm³/mol. The van der Waals surface area contributed by atoms with Crippen molar-refractivity contribution in [2.45, 2.75) is 38.6 Å². The second-order valence-corrected chi connectivity index (χ2v) is 9.10. The van der Waals surface area contributed by atoms with Crippen LogP contribution >= 0.6 is 0 Å². The van der Waals surface area contributed by atoms with E-state index in [2.05, 4.69) is 24.0 Å². The first-order valence-corrected chi connectivity index (χ1v) is 11.5. The molecule has 1 aliphatic carbocycles. The third kappa shape index (κ3) is 3.99. The maximum Gasteiger partial charge on any atom is 0.414 e. The summed E-state index contributed by atoms with van der Waals surface area (Å²) in [5, 5.41) is 9.68. The highest BCUT2D eigenvalue weighted by atomic mass is 16.6. The third-order valence-corrected chi connectivity index (χ3v) is 6.70. The van der Waals surface area contributed by atoms with Crippen LogP contribution < -0.4 is 9.80 Å². The quantitative estimate of drug-likeness (QED) is 0.716. The summed E-state index contributed by atoms with van der Waals surface area (Å²) < 4.78 is 5.07. The number of piperazine rings is 1. The molecule has 2 aromatic rings. The number of aromatic nitrogens is 1. The van der Waals surface area contributed by atoms with Gasteiger partial charge in [-0.1, -0.05) is 6.07 Å². The fourth-order valence-electron chi connectivity index (χ4n) is 4.69. The van der Waals surface area contributed by atoms with Crippen LogP contribution in [0.4, 0.5) is 16.3 Å². The molecular formula is C25H27N5O3. The maximum atomic E-state index is 13.2. The Labute approximate surface area is 193 Å². The summed E-state index contributed by atoms with van der Waals surface area (Å²) in [7, 11) is 0. The molecule has 3 aliphatic rings. The highest BCUT2D eigenvalue weighted by Crippen LogP contribution is 2.40. The molecule has 2 amide bonds. The molecule has 0 radical (unpaired) electrons. The number of carbonyl (C=O) groups excluding carboxylic acids is 2. The van der Waals surface area contributed by atoms with Crippen LogP contribution in [-0.2, 0) is 4.74 Å². The van der Waals surface area contributed by atoms with E-state index in [-0.39, 0.29) is 17.5 Å². The molecule has 8 nitrogen and oxygen atoms in total. The Balaban J connectivity index is 1.28. The second-order valence-electron chi connectivity index (χ2n) is 9.10. The number of nitriles is 1. The zero-order chi connectivity index (χ0) is 23.1. The Morgan fingerprint density at radius 3 is 2.55 bits per heavy atom. The van der Waals surface area contributed by atoms with Gasteiger partial charge in [-0.15, -0.1) is 0 Å². The Bertz CT molecular complexity index is 1150. The van der Waals surface area contributed by atoms with Crippen LogP contribution in [0.15, 0.2) is 30.5 Å². The first-order chi connectivity index (χ1) is 16.0. The lowest BCUT2D eigenvalue weighted by Crippen LogP contribution is -2.49. The van der Waals surface area contributed by atoms with Crippen molar-refractivity contribution in [3.05, 3.63) is 52.7 Å². The van der Waals surface area contributed by atoms with E-state index in [0.717, 1.165) is 5.82 Å². The summed E-state index contributed by atoms with van der Waals surface area (Å²) in [6.45, 7) is 6.80. The minimum absolute atomic E-state index is 0.117. The van der Waals surface area contributed by atoms with Crippen LogP contribution in [0.2, 0.25) is 0 Å². The zero-order valence-corrected chi connectivity index (χ0v) is 19.0. The molecular weight excluding hydrogens is 418 g/mol. The minimum Gasteiger partial charge on any atom is -0.447 e. The van der Waals surface area contributed by atoms with Gasteiger partial charge in [-0.05, 0) is 61.9 Å². The van der Waals surface area contributed by atoms with Crippen LogP contribution in [0, 0.1) is 18.3 Å². The SMILES string of the molecule is Cc1cc(C2CC2)cnc1N1CCN(C(=O)c2ccc(N3C(=O)OCC3C)cc2C#N)CC1. The Morgan fingerprint density at radius 2 is 1.94 bits per heavy atom. The highest BCUT2D eigenvalue weighted by molar-refractivity contribution is 5.98. The van der Waals surface area contributed by atoms with Crippen LogP contribution in [0.3, 0.4) is 0 Å². The molecule has 1 aromatic heterocycles. The number of benzene rings is 1. The van der Waals surface area contributed by atoms with E-state index in [1.165, 1.54) is 28.9 Å². The topological polar surface area (TPSA) is 89.8 Å². The Kier molecular flexibility index (Phi) is 5.41. The van der Waals surface area contributed by atoms with Crippen molar-refractivity contribution < 1.29 is 14.3 Å². The standard InChI is InChI=1S/C25H27N5O3/c1-16-11-20(18-3-4-18)14-27-23(16)28-7-9-29(10-8-28)24(31)22-6-5-21(12-19(22)13-26)30-17(2)15-33-25(30)32/h5-6,11-12,14,17-18H,3-4,7-10,15H2,1-2H3. The van der Waals surface area contributed by atoms with E-state index in [1.807, 2.05) is 13.1 Å². The molecule has 33 heavy (non-hydrogen) atoms. The summed E-state index contributed by atoms with van der Waals surface area (Å²) in [4.78, 5) is 35.5. The van der Waals surface area contributed by atoms with Crippen LogP contribution in [-0.4, -0.2) is 60.7 Å². The number of ether oxygens (including phenoxy) is 1. The largest absolute Gasteiger partial charge is 0.447 e.